The molecule has 0 N–H and O–H groups in total. The van der Waals surface area contributed by atoms with E-state index in [9.17, 15) is 4.79 Å². The zero-order chi connectivity index (χ0) is 23.8. The van der Waals surface area contributed by atoms with E-state index in [1.165, 1.54) is 11.8 Å². The summed E-state index contributed by atoms with van der Waals surface area (Å²) in [5.41, 5.74) is 4.84. The van der Waals surface area contributed by atoms with Crippen LogP contribution in [0.2, 0.25) is 0 Å². The lowest BCUT2D eigenvalue weighted by Crippen LogP contribution is -2.49. The van der Waals surface area contributed by atoms with Gasteiger partial charge >= 0.3 is 0 Å². The van der Waals surface area contributed by atoms with Crippen molar-refractivity contribution in [2.24, 2.45) is 0 Å². The molecule has 5 aromatic rings. The van der Waals surface area contributed by atoms with E-state index in [4.69, 9.17) is 14.7 Å². The van der Waals surface area contributed by atoms with Gasteiger partial charge in [-0.05, 0) is 48.5 Å². The number of ether oxygens (including phenoxy) is 1. The highest BCUT2D eigenvalue weighted by Crippen LogP contribution is 2.29. The Bertz CT molecular complexity index is 1520. The van der Waals surface area contributed by atoms with Crippen molar-refractivity contribution < 1.29 is 9.53 Å². The summed E-state index contributed by atoms with van der Waals surface area (Å²) in [5.74, 6) is 1.33. The summed E-state index contributed by atoms with van der Waals surface area (Å²) < 4.78 is 7.33. The molecule has 0 bridgehead atoms. The molecular formula is C27H25N5O2S. The average molecular weight is 484 g/mol. The second kappa shape index (κ2) is 9.11. The SMILES string of the molecule is COc1ccc(N2CCN(C(=O)CSc3nc4ccccc4c4nc5ccccc5n34)CC2)cc1. The average Bonchev–Trinajstić information content (AvgIpc) is 3.32. The first-order valence-corrected chi connectivity index (χ1v) is 12.7. The summed E-state index contributed by atoms with van der Waals surface area (Å²) in [6.45, 7) is 3.04. The van der Waals surface area contributed by atoms with E-state index in [2.05, 4.69) is 27.5 Å². The normalized spacial score (nSPS) is 14.2. The maximum absolute atomic E-state index is 13.1. The van der Waals surface area contributed by atoms with Crippen LogP contribution in [0, 0.1) is 0 Å². The fourth-order valence-electron chi connectivity index (χ4n) is 4.64. The van der Waals surface area contributed by atoms with Gasteiger partial charge in [-0.15, -0.1) is 0 Å². The highest BCUT2D eigenvalue weighted by atomic mass is 32.2. The molecule has 0 radical (unpaired) electrons. The number of hydrogen-bond donors (Lipinski definition) is 0. The van der Waals surface area contributed by atoms with Gasteiger partial charge in [0.15, 0.2) is 5.16 Å². The van der Waals surface area contributed by atoms with Gasteiger partial charge in [-0.1, -0.05) is 36.0 Å². The topological polar surface area (TPSA) is 63.0 Å². The van der Waals surface area contributed by atoms with Crippen LogP contribution in [0.3, 0.4) is 0 Å². The van der Waals surface area contributed by atoms with Crippen LogP contribution in [0.1, 0.15) is 0 Å². The first kappa shape index (κ1) is 21.7. The zero-order valence-electron chi connectivity index (χ0n) is 19.4. The Labute approximate surface area is 207 Å². The quantitative estimate of drug-likeness (QED) is 0.271. The summed E-state index contributed by atoms with van der Waals surface area (Å²) in [6, 6.07) is 24.2. The van der Waals surface area contributed by atoms with Gasteiger partial charge in [0, 0.05) is 37.3 Å². The predicted octanol–water partition coefficient (Wildman–Crippen LogP) is 4.49. The van der Waals surface area contributed by atoms with Crippen LogP contribution < -0.4 is 9.64 Å². The van der Waals surface area contributed by atoms with E-state index < -0.39 is 0 Å². The second-order valence-electron chi connectivity index (χ2n) is 8.53. The highest BCUT2D eigenvalue weighted by Gasteiger charge is 2.22. The Balaban J connectivity index is 1.19. The lowest BCUT2D eigenvalue weighted by molar-refractivity contribution is -0.128. The third kappa shape index (κ3) is 4.04. The van der Waals surface area contributed by atoms with Gasteiger partial charge in [0.1, 0.15) is 11.4 Å². The number of hydrogen-bond acceptors (Lipinski definition) is 6. The number of methoxy groups -OCH3 is 1. The molecule has 2 aromatic heterocycles. The van der Waals surface area contributed by atoms with E-state index in [-0.39, 0.29) is 5.91 Å². The number of benzene rings is 3. The number of nitrogens with zero attached hydrogens (tertiary/aromatic N) is 5. The van der Waals surface area contributed by atoms with Crippen molar-refractivity contribution >= 4 is 50.9 Å². The first-order chi connectivity index (χ1) is 17.2. The number of anilines is 1. The fraction of sp³-hybridized carbons (Fsp3) is 0.222. The molecule has 0 unspecified atom stereocenters. The minimum absolute atomic E-state index is 0.136. The summed E-state index contributed by atoms with van der Waals surface area (Å²) in [4.78, 5) is 27.2. The van der Waals surface area contributed by atoms with Gasteiger partial charge in [-0.2, -0.15) is 0 Å². The first-order valence-electron chi connectivity index (χ1n) is 11.7. The number of imidazole rings is 1. The van der Waals surface area contributed by atoms with Gasteiger partial charge < -0.3 is 14.5 Å². The molecule has 1 saturated heterocycles. The molecule has 1 aliphatic rings. The van der Waals surface area contributed by atoms with Crippen molar-refractivity contribution in [1.82, 2.24) is 19.3 Å². The van der Waals surface area contributed by atoms with Crippen LogP contribution in [0.4, 0.5) is 5.69 Å². The Morgan fingerprint density at radius 1 is 0.886 bits per heavy atom. The van der Waals surface area contributed by atoms with Crippen LogP contribution in [0.25, 0.3) is 27.6 Å². The molecule has 6 rings (SSSR count). The van der Waals surface area contributed by atoms with E-state index >= 15 is 0 Å². The Morgan fingerprint density at radius 3 is 2.37 bits per heavy atom. The van der Waals surface area contributed by atoms with Crippen LogP contribution in [0.15, 0.2) is 78.0 Å². The van der Waals surface area contributed by atoms with Crippen molar-refractivity contribution in [3.05, 3.63) is 72.8 Å². The molecule has 3 heterocycles. The maximum Gasteiger partial charge on any atom is 0.233 e. The maximum atomic E-state index is 13.1. The molecule has 35 heavy (non-hydrogen) atoms. The van der Waals surface area contributed by atoms with Gasteiger partial charge in [0.2, 0.25) is 5.91 Å². The van der Waals surface area contributed by atoms with Crippen molar-refractivity contribution in [2.75, 3.05) is 43.9 Å². The van der Waals surface area contributed by atoms with Gasteiger partial charge in [-0.3, -0.25) is 9.20 Å². The van der Waals surface area contributed by atoms with E-state index in [0.29, 0.717) is 18.8 Å². The molecule has 0 spiro atoms. The van der Waals surface area contributed by atoms with E-state index in [1.807, 2.05) is 59.5 Å². The van der Waals surface area contributed by atoms with Crippen LogP contribution in [0.5, 0.6) is 5.75 Å². The molecule has 176 valence electrons. The smallest absolute Gasteiger partial charge is 0.233 e. The zero-order valence-corrected chi connectivity index (χ0v) is 20.2. The number of piperazine rings is 1. The number of carbonyl (C=O) groups excluding carboxylic acids is 1. The number of para-hydroxylation sites is 3. The van der Waals surface area contributed by atoms with E-state index in [1.54, 1.807) is 7.11 Å². The number of carbonyl (C=O) groups is 1. The fourth-order valence-corrected chi connectivity index (χ4v) is 5.55. The van der Waals surface area contributed by atoms with Gasteiger partial charge in [-0.25, -0.2) is 9.97 Å². The molecule has 1 fully saturated rings. The standard InChI is InChI=1S/C27H25N5O2S/c1-34-20-12-10-19(11-13-20)30-14-16-31(17-15-30)25(33)18-35-27-29-22-7-3-2-6-21(22)26-28-23-8-4-5-9-24(23)32(26)27/h2-13H,14-18H2,1H3. The van der Waals surface area contributed by atoms with Gasteiger partial charge in [0.05, 0.1) is 29.4 Å². The number of aromatic nitrogens is 3. The van der Waals surface area contributed by atoms with Crippen LogP contribution in [-0.2, 0) is 4.79 Å². The van der Waals surface area contributed by atoms with Crippen molar-refractivity contribution in [2.45, 2.75) is 5.16 Å². The minimum atomic E-state index is 0.136. The monoisotopic (exact) mass is 483 g/mol. The highest BCUT2D eigenvalue weighted by molar-refractivity contribution is 7.99. The third-order valence-electron chi connectivity index (χ3n) is 6.51. The molecule has 7 nitrogen and oxygen atoms in total. The Hall–Kier alpha value is -3.78. The summed E-state index contributed by atoms with van der Waals surface area (Å²) in [6.07, 6.45) is 0. The largest absolute Gasteiger partial charge is 0.497 e. The van der Waals surface area contributed by atoms with E-state index in [0.717, 1.165) is 57.3 Å². The third-order valence-corrected chi connectivity index (χ3v) is 7.43. The Morgan fingerprint density at radius 2 is 1.60 bits per heavy atom. The summed E-state index contributed by atoms with van der Waals surface area (Å²) in [5, 5.41) is 1.80. The second-order valence-corrected chi connectivity index (χ2v) is 9.47. The lowest BCUT2D eigenvalue weighted by Gasteiger charge is -2.36. The van der Waals surface area contributed by atoms with Gasteiger partial charge in [0.25, 0.3) is 0 Å². The Kier molecular flexibility index (Phi) is 5.66. The molecular weight excluding hydrogens is 458 g/mol. The number of amides is 1. The lowest BCUT2D eigenvalue weighted by atomic mass is 10.2. The molecule has 3 aromatic carbocycles. The molecule has 1 aliphatic heterocycles. The molecule has 8 heteroatoms. The summed E-state index contributed by atoms with van der Waals surface area (Å²) in [7, 11) is 1.67. The van der Waals surface area contributed by atoms with Crippen molar-refractivity contribution in [3.8, 4) is 5.75 Å². The molecule has 0 saturated carbocycles. The predicted molar refractivity (Wildman–Crippen MR) is 141 cm³/mol. The molecule has 1 amide bonds. The van der Waals surface area contributed by atoms with Crippen LogP contribution in [-0.4, -0.2) is 64.2 Å². The molecule has 0 atom stereocenters. The minimum Gasteiger partial charge on any atom is -0.497 e. The number of thioether (sulfide) groups is 1. The summed E-state index contributed by atoms with van der Waals surface area (Å²) >= 11 is 1.48. The van der Waals surface area contributed by atoms with Crippen LogP contribution >= 0.6 is 11.8 Å². The number of rotatable bonds is 5. The molecule has 0 aliphatic carbocycles. The van der Waals surface area contributed by atoms with Crippen molar-refractivity contribution in [3.63, 3.8) is 0 Å². The van der Waals surface area contributed by atoms with Crippen molar-refractivity contribution in [1.29, 1.82) is 0 Å². The number of fused-ring (bicyclic) bond motifs is 5.